The number of rotatable bonds is 4. The Labute approximate surface area is 126 Å². The Balaban J connectivity index is 1.67. The molecule has 0 atom stereocenters. The lowest BCUT2D eigenvalue weighted by molar-refractivity contribution is 0.768. The second kappa shape index (κ2) is 5.64. The van der Waals surface area contributed by atoms with Crippen LogP contribution in [0.3, 0.4) is 0 Å². The average molecular weight is 305 g/mol. The van der Waals surface area contributed by atoms with Crippen LogP contribution < -0.4 is 5.32 Å². The van der Waals surface area contributed by atoms with Crippen molar-refractivity contribution in [1.82, 2.24) is 14.8 Å². The maximum Gasteiger partial charge on any atom is 0.126 e. The molecule has 6 heteroatoms. The van der Waals surface area contributed by atoms with Gasteiger partial charge >= 0.3 is 0 Å². The SMILES string of the molecule is Cn1cc(-c2nc(CNc3ccc(Cl)cc3)cs2)cn1. The maximum atomic E-state index is 5.86. The predicted octanol–water partition coefficient (Wildman–Crippen LogP) is 3.81. The van der Waals surface area contributed by atoms with Gasteiger partial charge in [-0.15, -0.1) is 11.3 Å². The molecule has 1 N–H and O–H groups in total. The van der Waals surface area contributed by atoms with E-state index in [9.17, 15) is 0 Å². The van der Waals surface area contributed by atoms with E-state index in [4.69, 9.17) is 11.6 Å². The van der Waals surface area contributed by atoms with Gasteiger partial charge in [-0.05, 0) is 24.3 Å². The van der Waals surface area contributed by atoms with Crippen LogP contribution >= 0.6 is 22.9 Å². The summed E-state index contributed by atoms with van der Waals surface area (Å²) >= 11 is 7.48. The van der Waals surface area contributed by atoms with Gasteiger partial charge in [-0.25, -0.2) is 4.98 Å². The van der Waals surface area contributed by atoms with E-state index in [-0.39, 0.29) is 0 Å². The molecule has 4 nitrogen and oxygen atoms in total. The number of hydrogen-bond acceptors (Lipinski definition) is 4. The highest BCUT2D eigenvalue weighted by Crippen LogP contribution is 2.23. The van der Waals surface area contributed by atoms with Gasteiger partial charge < -0.3 is 5.32 Å². The van der Waals surface area contributed by atoms with Gasteiger partial charge in [0.25, 0.3) is 0 Å². The number of nitrogens with zero attached hydrogens (tertiary/aromatic N) is 3. The van der Waals surface area contributed by atoms with Gasteiger partial charge in [-0.2, -0.15) is 5.10 Å². The predicted molar refractivity (Wildman–Crippen MR) is 83.1 cm³/mol. The summed E-state index contributed by atoms with van der Waals surface area (Å²) in [6.07, 6.45) is 3.80. The van der Waals surface area contributed by atoms with Crippen LogP contribution in [0.5, 0.6) is 0 Å². The highest BCUT2D eigenvalue weighted by molar-refractivity contribution is 7.13. The van der Waals surface area contributed by atoms with Crippen LogP contribution in [0.4, 0.5) is 5.69 Å². The number of halogens is 1. The van der Waals surface area contributed by atoms with Crippen LogP contribution in [0.1, 0.15) is 5.69 Å². The van der Waals surface area contributed by atoms with Crippen LogP contribution in [0.25, 0.3) is 10.6 Å². The molecule has 3 aromatic rings. The van der Waals surface area contributed by atoms with Crippen molar-refractivity contribution in [3.8, 4) is 10.6 Å². The molecule has 0 aliphatic carbocycles. The standard InChI is InChI=1S/C14H13ClN4S/c1-19-8-10(6-17-19)14-18-13(9-20-14)7-16-12-4-2-11(15)3-5-12/h2-6,8-9,16H,7H2,1H3. The lowest BCUT2D eigenvalue weighted by Gasteiger charge is -2.03. The zero-order chi connectivity index (χ0) is 13.9. The van der Waals surface area contributed by atoms with Crippen molar-refractivity contribution in [1.29, 1.82) is 0 Å². The summed E-state index contributed by atoms with van der Waals surface area (Å²) in [5.74, 6) is 0. The summed E-state index contributed by atoms with van der Waals surface area (Å²) in [6, 6.07) is 7.64. The van der Waals surface area contributed by atoms with Crippen molar-refractivity contribution in [2.75, 3.05) is 5.32 Å². The fourth-order valence-electron chi connectivity index (χ4n) is 1.81. The van der Waals surface area contributed by atoms with E-state index in [1.165, 1.54) is 0 Å². The minimum Gasteiger partial charge on any atom is -0.379 e. The minimum atomic E-state index is 0.693. The number of benzene rings is 1. The fourth-order valence-corrected chi connectivity index (χ4v) is 2.73. The van der Waals surface area contributed by atoms with Crippen LogP contribution in [-0.4, -0.2) is 14.8 Å². The molecule has 0 radical (unpaired) electrons. The molecule has 0 unspecified atom stereocenters. The number of anilines is 1. The molecular weight excluding hydrogens is 292 g/mol. The Morgan fingerprint density at radius 1 is 1.30 bits per heavy atom. The second-order valence-electron chi connectivity index (χ2n) is 4.41. The summed E-state index contributed by atoms with van der Waals surface area (Å²) in [7, 11) is 1.90. The first kappa shape index (κ1) is 13.1. The number of aromatic nitrogens is 3. The molecule has 0 saturated heterocycles. The highest BCUT2D eigenvalue weighted by atomic mass is 35.5. The van der Waals surface area contributed by atoms with Crippen molar-refractivity contribution < 1.29 is 0 Å². The molecule has 20 heavy (non-hydrogen) atoms. The van der Waals surface area contributed by atoms with Gasteiger partial charge in [0, 0.05) is 34.9 Å². The summed E-state index contributed by atoms with van der Waals surface area (Å²) < 4.78 is 1.78. The van der Waals surface area contributed by atoms with Gasteiger partial charge in [0.15, 0.2) is 0 Å². The Kier molecular flexibility index (Phi) is 3.71. The largest absolute Gasteiger partial charge is 0.379 e. The molecule has 0 fully saturated rings. The molecule has 0 saturated carbocycles. The quantitative estimate of drug-likeness (QED) is 0.797. The van der Waals surface area contributed by atoms with E-state index in [2.05, 4.69) is 20.8 Å². The number of nitrogens with one attached hydrogen (secondary N) is 1. The summed E-state index contributed by atoms with van der Waals surface area (Å²) in [4.78, 5) is 4.60. The first-order valence-electron chi connectivity index (χ1n) is 6.13. The molecule has 0 aliphatic rings. The number of thiazole rings is 1. The molecule has 1 aromatic carbocycles. The lowest BCUT2D eigenvalue weighted by atomic mass is 10.3. The first-order chi connectivity index (χ1) is 9.70. The fraction of sp³-hybridized carbons (Fsp3) is 0.143. The Morgan fingerprint density at radius 3 is 2.80 bits per heavy atom. The third-order valence-corrected chi connectivity index (χ3v) is 4.01. The lowest BCUT2D eigenvalue weighted by Crippen LogP contribution is -1.99. The molecule has 0 spiro atoms. The normalized spacial score (nSPS) is 10.7. The Bertz CT molecular complexity index is 702. The van der Waals surface area contributed by atoms with Gasteiger partial charge in [0.05, 0.1) is 18.4 Å². The number of aryl methyl sites for hydroxylation is 1. The van der Waals surface area contributed by atoms with Crippen molar-refractivity contribution >= 4 is 28.6 Å². The van der Waals surface area contributed by atoms with E-state index in [1.807, 2.05) is 43.7 Å². The molecule has 102 valence electrons. The van der Waals surface area contributed by atoms with Crippen molar-refractivity contribution in [3.63, 3.8) is 0 Å². The van der Waals surface area contributed by atoms with Crippen molar-refractivity contribution in [2.45, 2.75) is 6.54 Å². The molecular formula is C14H13ClN4S. The highest BCUT2D eigenvalue weighted by Gasteiger charge is 2.06. The molecule has 2 aromatic heterocycles. The Hall–Kier alpha value is -1.85. The maximum absolute atomic E-state index is 5.86. The van der Waals surface area contributed by atoms with Gasteiger partial charge in [-0.3, -0.25) is 4.68 Å². The number of hydrogen-bond donors (Lipinski definition) is 1. The first-order valence-corrected chi connectivity index (χ1v) is 7.39. The molecule has 3 rings (SSSR count). The van der Waals surface area contributed by atoms with Gasteiger partial charge in [0.2, 0.25) is 0 Å². The summed E-state index contributed by atoms with van der Waals surface area (Å²) in [6.45, 7) is 0.693. The van der Waals surface area contributed by atoms with E-state index in [1.54, 1.807) is 16.0 Å². The molecule has 0 amide bonds. The smallest absolute Gasteiger partial charge is 0.126 e. The topological polar surface area (TPSA) is 42.7 Å². The van der Waals surface area contributed by atoms with E-state index < -0.39 is 0 Å². The second-order valence-corrected chi connectivity index (χ2v) is 5.70. The van der Waals surface area contributed by atoms with Crippen LogP contribution in [0, 0.1) is 0 Å². The minimum absolute atomic E-state index is 0.693. The monoisotopic (exact) mass is 304 g/mol. The third-order valence-electron chi connectivity index (χ3n) is 2.82. The summed E-state index contributed by atoms with van der Waals surface area (Å²) in [5, 5.41) is 11.3. The van der Waals surface area contributed by atoms with Crippen molar-refractivity contribution in [3.05, 3.63) is 52.8 Å². The third kappa shape index (κ3) is 3.00. The Morgan fingerprint density at radius 2 is 2.10 bits per heavy atom. The van der Waals surface area contributed by atoms with Crippen molar-refractivity contribution in [2.24, 2.45) is 7.05 Å². The van der Waals surface area contributed by atoms with Crippen LogP contribution in [0.2, 0.25) is 5.02 Å². The summed E-state index contributed by atoms with van der Waals surface area (Å²) in [5.41, 5.74) is 3.10. The molecule has 0 bridgehead atoms. The molecule has 0 aliphatic heterocycles. The van der Waals surface area contributed by atoms with E-state index in [0.29, 0.717) is 6.54 Å². The molecule has 2 heterocycles. The average Bonchev–Trinajstić information content (AvgIpc) is 3.07. The van der Waals surface area contributed by atoms with E-state index in [0.717, 1.165) is 27.0 Å². The van der Waals surface area contributed by atoms with Crippen LogP contribution in [0.15, 0.2) is 42.0 Å². The van der Waals surface area contributed by atoms with Crippen LogP contribution in [-0.2, 0) is 13.6 Å². The van der Waals surface area contributed by atoms with Gasteiger partial charge in [-0.1, -0.05) is 11.6 Å². The zero-order valence-corrected chi connectivity index (χ0v) is 12.4. The zero-order valence-electron chi connectivity index (χ0n) is 10.9. The van der Waals surface area contributed by atoms with E-state index >= 15 is 0 Å². The van der Waals surface area contributed by atoms with Gasteiger partial charge in [0.1, 0.15) is 5.01 Å².